The molecule has 1 saturated heterocycles. The van der Waals surface area contributed by atoms with Gasteiger partial charge in [-0.05, 0) is 26.2 Å². The van der Waals surface area contributed by atoms with Gasteiger partial charge in [0.15, 0.2) is 0 Å². The largest absolute Gasteiger partial charge is 0.389 e. The zero-order valence-corrected chi connectivity index (χ0v) is 12.7. The normalized spacial score (nSPS) is 19.4. The minimum atomic E-state index is 0.285. The Bertz CT molecular complexity index is 465. The first kappa shape index (κ1) is 14.3. The highest BCUT2D eigenvalue weighted by Crippen LogP contribution is 2.24. The van der Waals surface area contributed by atoms with E-state index in [-0.39, 0.29) is 6.10 Å². The number of thiocarbonyl (C=S) groups is 1. The van der Waals surface area contributed by atoms with Crippen molar-refractivity contribution in [3.05, 3.63) is 11.3 Å². The van der Waals surface area contributed by atoms with Gasteiger partial charge in [-0.15, -0.1) is 0 Å². The topological polar surface area (TPSA) is 56.3 Å². The maximum absolute atomic E-state index is 5.82. The van der Waals surface area contributed by atoms with Crippen LogP contribution in [0.3, 0.4) is 0 Å². The summed E-state index contributed by atoms with van der Waals surface area (Å²) in [5, 5.41) is 4.41. The van der Waals surface area contributed by atoms with Crippen molar-refractivity contribution < 1.29 is 4.74 Å². The van der Waals surface area contributed by atoms with Crippen molar-refractivity contribution in [3.8, 4) is 0 Å². The average molecular weight is 282 g/mol. The first-order valence-electron chi connectivity index (χ1n) is 6.67. The molecule has 5 nitrogen and oxygen atoms in total. The zero-order chi connectivity index (χ0) is 14.0. The third-order valence-corrected chi connectivity index (χ3v) is 3.76. The van der Waals surface area contributed by atoms with Crippen molar-refractivity contribution in [2.45, 2.75) is 32.3 Å². The maximum atomic E-state index is 5.82. The molecule has 106 valence electrons. The molecular formula is C13H22N4OS. The molecule has 0 radical (unpaired) electrons. The van der Waals surface area contributed by atoms with Crippen molar-refractivity contribution in [1.82, 2.24) is 9.78 Å². The van der Waals surface area contributed by atoms with Crippen molar-refractivity contribution >= 4 is 23.0 Å². The van der Waals surface area contributed by atoms with E-state index in [1.807, 2.05) is 25.7 Å². The SMILES string of the molecule is Cc1nn(C)c(N(C)CC2CCCCO2)c1C(N)=S. The molecule has 2 N–H and O–H groups in total. The van der Waals surface area contributed by atoms with Gasteiger partial charge in [0.05, 0.1) is 17.4 Å². The smallest absolute Gasteiger partial charge is 0.136 e. The molecule has 1 aromatic rings. The Morgan fingerprint density at radius 2 is 2.32 bits per heavy atom. The van der Waals surface area contributed by atoms with Gasteiger partial charge in [-0.1, -0.05) is 12.2 Å². The fraction of sp³-hybridized carbons (Fsp3) is 0.692. The second kappa shape index (κ2) is 5.88. The molecule has 0 spiro atoms. The van der Waals surface area contributed by atoms with Crippen LogP contribution in [0.15, 0.2) is 0 Å². The number of aromatic nitrogens is 2. The van der Waals surface area contributed by atoms with Crippen LogP contribution in [0.5, 0.6) is 0 Å². The standard InChI is InChI=1S/C13H22N4OS/c1-9-11(12(14)19)13(17(3)15-9)16(2)8-10-6-4-5-7-18-10/h10H,4-8H2,1-3H3,(H2,14,19). The van der Waals surface area contributed by atoms with Gasteiger partial charge < -0.3 is 15.4 Å². The fourth-order valence-corrected chi connectivity index (χ4v) is 2.95. The molecule has 1 atom stereocenters. The van der Waals surface area contributed by atoms with E-state index in [4.69, 9.17) is 22.7 Å². The van der Waals surface area contributed by atoms with E-state index in [9.17, 15) is 0 Å². The predicted octanol–water partition coefficient (Wildman–Crippen LogP) is 1.37. The van der Waals surface area contributed by atoms with Gasteiger partial charge in [0.25, 0.3) is 0 Å². The second-order valence-corrected chi connectivity index (χ2v) is 5.58. The lowest BCUT2D eigenvalue weighted by atomic mass is 10.1. The molecule has 2 heterocycles. The van der Waals surface area contributed by atoms with Crippen LogP contribution in [0.2, 0.25) is 0 Å². The average Bonchev–Trinajstić information content (AvgIpc) is 2.65. The lowest BCUT2D eigenvalue weighted by Crippen LogP contribution is -2.35. The van der Waals surface area contributed by atoms with Crippen molar-refractivity contribution in [2.75, 3.05) is 25.1 Å². The predicted molar refractivity (Wildman–Crippen MR) is 80.7 cm³/mol. The molecule has 6 heteroatoms. The Balaban J connectivity index is 2.18. The third-order valence-electron chi connectivity index (χ3n) is 3.55. The number of hydrogen-bond donors (Lipinski definition) is 1. The number of aryl methyl sites for hydroxylation is 2. The number of nitrogens with two attached hydrogens (primary N) is 1. The summed E-state index contributed by atoms with van der Waals surface area (Å²) in [6.07, 6.45) is 3.81. The van der Waals surface area contributed by atoms with Gasteiger partial charge in [-0.3, -0.25) is 4.68 Å². The lowest BCUT2D eigenvalue weighted by Gasteiger charge is -2.29. The van der Waals surface area contributed by atoms with E-state index in [2.05, 4.69) is 10.00 Å². The third kappa shape index (κ3) is 3.06. The molecular weight excluding hydrogens is 260 g/mol. The minimum Gasteiger partial charge on any atom is -0.389 e. The molecule has 1 aliphatic rings. The van der Waals surface area contributed by atoms with Crippen LogP contribution in [0.4, 0.5) is 5.82 Å². The first-order chi connectivity index (χ1) is 9.00. The quantitative estimate of drug-likeness (QED) is 0.845. The Labute approximate surface area is 119 Å². The molecule has 0 aliphatic carbocycles. The maximum Gasteiger partial charge on any atom is 0.136 e. The van der Waals surface area contributed by atoms with Gasteiger partial charge in [0.2, 0.25) is 0 Å². The highest BCUT2D eigenvalue weighted by molar-refractivity contribution is 7.80. The number of ether oxygens (including phenoxy) is 1. The molecule has 19 heavy (non-hydrogen) atoms. The molecule has 1 aromatic heterocycles. The van der Waals surface area contributed by atoms with Crippen LogP contribution in [0, 0.1) is 6.92 Å². The van der Waals surface area contributed by atoms with Gasteiger partial charge in [-0.25, -0.2) is 0 Å². The van der Waals surface area contributed by atoms with E-state index < -0.39 is 0 Å². The summed E-state index contributed by atoms with van der Waals surface area (Å²) in [6, 6.07) is 0. The molecule has 1 aliphatic heterocycles. The van der Waals surface area contributed by atoms with Crippen LogP contribution in [-0.4, -0.2) is 41.1 Å². The van der Waals surface area contributed by atoms with Crippen molar-refractivity contribution in [2.24, 2.45) is 12.8 Å². The summed E-state index contributed by atoms with van der Waals surface area (Å²) in [4.78, 5) is 2.54. The Kier molecular flexibility index (Phi) is 4.42. The van der Waals surface area contributed by atoms with Crippen LogP contribution >= 0.6 is 12.2 Å². The van der Waals surface area contributed by atoms with Crippen LogP contribution in [-0.2, 0) is 11.8 Å². The summed E-state index contributed by atoms with van der Waals surface area (Å²) in [5.74, 6) is 0.971. The highest BCUT2D eigenvalue weighted by atomic mass is 32.1. The van der Waals surface area contributed by atoms with Gasteiger partial charge in [0.1, 0.15) is 10.8 Å². The van der Waals surface area contributed by atoms with Crippen molar-refractivity contribution in [1.29, 1.82) is 0 Å². The molecule has 0 amide bonds. The number of rotatable bonds is 4. The summed E-state index contributed by atoms with van der Waals surface area (Å²) < 4.78 is 7.62. The second-order valence-electron chi connectivity index (χ2n) is 5.14. The number of anilines is 1. The van der Waals surface area contributed by atoms with E-state index in [1.54, 1.807) is 0 Å². The van der Waals surface area contributed by atoms with E-state index in [1.165, 1.54) is 12.8 Å². The first-order valence-corrected chi connectivity index (χ1v) is 7.07. The van der Waals surface area contributed by atoms with Crippen molar-refractivity contribution in [3.63, 3.8) is 0 Å². The highest BCUT2D eigenvalue weighted by Gasteiger charge is 2.22. The van der Waals surface area contributed by atoms with E-state index in [0.717, 1.165) is 36.6 Å². The lowest BCUT2D eigenvalue weighted by molar-refractivity contribution is 0.0214. The fourth-order valence-electron chi connectivity index (χ4n) is 2.72. The summed E-state index contributed by atoms with van der Waals surface area (Å²) >= 11 is 5.14. The molecule has 1 fully saturated rings. The van der Waals surface area contributed by atoms with Gasteiger partial charge in [0, 0.05) is 27.2 Å². The summed E-state index contributed by atoms with van der Waals surface area (Å²) in [5.41, 5.74) is 7.57. The zero-order valence-electron chi connectivity index (χ0n) is 11.8. The van der Waals surface area contributed by atoms with Crippen LogP contribution < -0.4 is 10.6 Å². The van der Waals surface area contributed by atoms with Crippen LogP contribution in [0.1, 0.15) is 30.5 Å². The number of nitrogens with zero attached hydrogens (tertiary/aromatic N) is 3. The van der Waals surface area contributed by atoms with E-state index >= 15 is 0 Å². The summed E-state index contributed by atoms with van der Waals surface area (Å²) in [7, 11) is 3.96. The molecule has 0 bridgehead atoms. The molecule has 2 rings (SSSR count). The molecule has 0 saturated carbocycles. The minimum absolute atomic E-state index is 0.285. The van der Waals surface area contributed by atoms with E-state index in [0.29, 0.717) is 4.99 Å². The monoisotopic (exact) mass is 282 g/mol. The Morgan fingerprint density at radius 3 is 2.89 bits per heavy atom. The van der Waals surface area contributed by atoms with Gasteiger partial charge in [-0.2, -0.15) is 5.10 Å². The molecule has 0 aromatic carbocycles. The Hall–Kier alpha value is -1.14. The Morgan fingerprint density at radius 1 is 1.58 bits per heavy atom. The van der Waals surface area contributed by atoms with Crippen LogP contribution in [0.25, 0.3) is 0 Å². The molecule has 1 unspecified atom stereocenters. The van der Waals surface area contributed by atoms with Gasteiger partial charge >= 0.3 is 0 Å². The summed E-state index contributed by atoms with van der Waals surface area (Å²) in [6.45, 7) is 3.64. The number of likely N-dealkylation sites (N-methyl/N-ethyl adjacent to an activating group) is 1. The number of hydrogen-bond acceptors (Lipinski definition) is 4.